The van der Waals surface area contributed by atoms with Crippen LogP contribution in [0.2, 0.25) is 0 Å². The second kappa shape index (κ2) is 9.54. The smallest absolute Gasteiger partial charge is 0.274 e. The van der Waals surface area contributed by atoms with Gasteiger partial charge in [0.15, 0.2) is 0 Å². The van der Waals surface area contributed by atoms with E-state index in [2.05, 4.69) is 4.90 Å². The maximum atomic E-state index is 14.9. The number of carbonyl (C=O) groups is 1. The van der Waals surface area contributed by atoms with Gasteiger partial charge in [-0.3, -0.25) is 19.4 Å². The molecular weight excluding hydrogens is 461 g/mol. The number of likely N-dealkylation sites (N-methyl/N-ethyl adjacent to an activating group) is 1. The highest BCUT2D eigenvalue weighted by molar-refractivity contribution is 5.94. The van der Waals surface area contributed by atoms with Gasteiger partial charge in [0.05, 0.1) is 16.6 Å². The number of hydroxylamine groups is 1. The zero-order chi connectivity index (χ0) is 23.1. The van der Waals surface area contributed by atoms with Gasteiger partial charge in [-0.05, 0) is 54.9 Å². The lowest BCUT2D eigenvalue weighted by molar-refractivity contribution is 0.0706. The normalized spacial score (nSPS) is 17.0. The highest BCUT2D eigenvalue weighted by atomic mass is 35.5. The van der Waals surface area contributed by atoms with Crippen molar-refractivity contribution in [3.63, 3.8) is 0 Å². The number of rotatable bonds is 3. The number of amides is 1. The van der Waals surface area contributed by atoms with E-state index in [1.54, 1.807) is 40.4 Å². The third-order valence-corrected chi connectivity index (χ3v) is 6.37. The summed E-state index contributed by atoms with van der Waals surface area (Å²) in [6.45, 7) is 3.62. The summed E-state index contributed by atoms with van der Waals surface area (Å²) in [5, 5.41) is 9.05. The van der Waals surface area contributed by atoms with E-state index in [9.17, 15) is 14.0 Å². The molecule has 5 rings (SSSR count). The number of benzene rings is 2. The van der Waals surface area contributed by atoms with Gasteiger partial charge in [0, 0.05) is 38.3 Å². The number of halogens is 2. The minimum atomic E-state index is -0.580. The van der Waals surface area contributed by atoms with Gasteiger partial charge in [-0.2, -0.15) is 0 Å². The molecule has 2 aromatic carbocycles. The van der Waals surface area contributed by atoms with E-state index in [1.165, 1.54) is 6.07 Å². The van der Waals surface area contributed by atoms with Gasteiger partial charge in [0.2, 0.25) is 0 Å². The van der Waals surface area contributed by atoms with E-state index < -0.39 is 11.7 Å². The summed E-state index contributed by atoms with van der Waals surface area (Å²) in [6.07, 6.45) is 2.56. The number of hydrogen-bond donors (Lipinski definition) is 2. The van der Waals surface area contributed by atoms with Crippen LogP contribution in [0, 0.1) is 5.82 Å². The van der Waals surface area contributed by atoms with E-state index in [-0.39, 0.29) is 23.4 Å². The minimum absolute atomic E-state index is 0. The van der Waals surface area contributed by atoms with Crippen LogP contribution in [0.15, 0.2) is 41.2 Å². The van der Waals surface area contributed by atoms with Gasteiger partial charge in [0.25, 0.3) is 11.5 Å². The molecule has 1 aromatic heterocycles. The van der Waals surface area contributed by atoms with Crippen LogP contribution in [-0.4, -0.2) is 58.8 Å². The molecule has 3 aromatic rings. The number of piperazine rings is 1. The molecule has 0 aliphatic carbocycles. The Bertz CT molecular complexity index is 1330. The highest BCUT2D eigenvalue weighted by Crippen LogP contribution is 2.30. The second-order valence-corrected chi connectivity index (χ2v) is 8.49. The van der Waals surface area contributed by atoms with Gasteiger partial charge >= 0.3 is 0 Å². The molecule has 8 nitrogen and oxygen atoms in total. The summed E-state index contributed by atoms with van der Waals surface area (Å²) in [6, 6.07) is 9.76. The lowest BCUT2D eigenvalue weighted by atomic mass is 10.1. The number of hydrogen-bond acceptors (Lipinski definition) is 6. The van der Waals surface area contributed by atoms with Gasteiger partial charge < -0.3 is 9.80 Å². The number of allylic oxidation sites excluding steroid dienone is 1. The van der Waals surface area contributed by atoms with Crippen LogP contribution in [0.1, 0.15) is 28.2 Å². The monoisotopic (exact) mass is 485 g/mol. The molecule has 2 aliphatic rings. The van der Waals surface area contributed by atoms with E-state index in [0.29, 0.717) is 35.6 Å². The molecule has 0 spiro atoms. The minimum Gasteiger partial charge on any atom is -0.367 e. The van der Waals surface area contributed by atoms with Crippen molar-refractivity contribution in [3.8, 4) is 0 Å². The highest BCUT2D eigenvalue weighted by Gasteiger charge is 2.24. The van der Waals surface area contributed by atoms with Crippen molar-refractivity contribution in [2.45, 2.75) is 13.0 Å². The standard InChI is InChI=1S/C24H24FN5O3.ClH/c1-28-8-10-29(11-9-28)21-14-20-18(13-19(21)25)24(32)30-7-6-17(22(30)26-20)12-15-2-4-16(5-3-15)23(31)27-33;/h2-5,12-14,33H,6-11H2,1H3,(H,27,31);1H/b17-12+;. The van der Waals surface area contributed by atoms with Crippen molar-refractivity contribution in [2.75, 3.05) is 38.1 Å². The quantitative estimate of drug-likeness (QED) is 0.438. The molecule has 2 aliphatic heterocycles. The molecule has 1 saturated heterocycles. The first-order chi connectivity index (χ1) is 15.9. The first-order valence-corrected chi connectivity index (χ1v) is 10.9. The average Bonchev–Trinajstić information content (AvgIpc) is 3.22. The largest absolute Gasteiger partial charge is 0.367 e. The van der Waals surface area contributed by atoms with Crippen molar-refractivity contribution >= 4 is 46.6 Å². The number of fused-ring (bicyclic) bond motifs is 2. The topological polar surface area (TPSA) is 90.7 Å². The number of nitrogens with zero attached hydrogens (tertiary/aromatic N) is 4. The Morgan fingerprint density at radius 1 is 1.12 bits per heavy atom. The Kier molecular flexibility index (Phi) is 6.70. The van der Waals surface area contributed by atoms with E-state index in [0.717, 1.165) is 37.3 Å². The van der Waals surface area contributed by atoms with Crippen molar-refractivity contribution < 1.29 is 14.4 Å². The molecule has 3 heterocycles. The maximum absolute atomic E-state index is 14.9. The Morgan fingerprint density at radius 3 is 2.50 bits per heavy atom. The van der Waals surface area contributed by atoms with Gasteiger partial charge in [-0.1, -0.05) is 12.1 Å². The van der Waals surface area contributed by atoms with Crippen LogP contribution < -0.4 is 15.9 Å². The van der Waals surface area contributed by atoms with Crippen LogP contribution in [0.4, 0.5) is 10.1 Å². The van der Waals surface area contributed by atoms with Crippen LogP contribution in [0.25, 0.3) is 22.6 Å². The van der Waals surface area contributed by atoms with Crippen LogP contribution >= 0.6 is 12.4 Å². The Morgan fingerprint density at radius 2 is 1.82 bits per heavy atom. The molecule has 10 heteroatoms. The number of carbonyl (C=O) groups excluding carboxylic acids is 1. The van der Waals surface area contributed by atoms with Crippen molar-refractivity contribution in [3.05, 3.63) is 69.5 Å². The van der Waals surface area contributed by atoms with Gasteiger partial charge in [0.1, 0.15) is 11.6 Å². The number of anilines is 1. The Hall–Kier alpha value is -3.27. The SMILES string of the molecule is CN1CCN(c2cc3nc4n(c(=O)c3cc2F)CC/C4=C\c2ccc(C(=O)NO)cc2)CC1.Cl. The zero-order valence-electron chi connectivity index (χ0n) is 18.6. The average molecular weight is 486 g/mol. The van der Waals surface area contributed by atoms with Crippen LogP contribution in [0.5, 0.6) is 0 Å². The number of nitrogens with one attached hydrogen (secondary N) is 1. The van der Waals surface area contributed by atoms with Crippen molar-refractivity contribution in [1.82, 2.24) is 19.9 Å². The Balaban J connectivity index is 0.00000274. The van der Waals surface area contributed by atoms with Gasteiger partial charge in [-0.15, -0.1) is 12.4 Å². The van der Waals surface area contributed by atoms with E-state index in [4.69, 9.17) is 10.2 Å². The van der Waals surface area contributed by atoms with E-state index >= 15 is 0 Å². The molecule has 0 atom stereocenters. The summed E-state index contributed by atoms with van der Waals surface area (Å²) in [4.78, 5) is 33.6. The summed E-state index contributed by atoms with van der Waals surface area (Å²) < 4.78 is 16.5. The van der Waals surface area contributed by atoms with Gasteiger partial charge in [-0.25, -0.2) is 14.9 Å². The third-order valence-electron chi connectivity index (χ3n) is 6.37. The second-order valence-electron chi connectivity index (χ2n) is 8.49. The molecule has 34 heavy (non-hydrogen) atoms. The van der Waals surface area contributed by atoms with Crippen molar-refractivity contribution in [2.24, 2.45) is 0 Å². The van der Waals surface area contributed by atoms with E-state index in [1.807, 2.05) is 18.0 Å². The summed E-state index contributed by atoms with van der Waals surface area (Å²) in [7, 11) is 2.04. The third kappa shape index (κ3) is 4.29. The molecule has 0 radical (unpaired) electrons. The lowest BCUT2D eigenvalue weighted by Gasteiger charge is -2.34. The first-order valence-electron chi connectivity index (χ1n) is 10.9. The number of aromatic nitrogens is 2. The van der Waals surface area contributed by atoms with Crippen LogP contribution in [-0.2, 0) is 6.54 Å². The molecule has 1 fully saturated rings. The molecule has 0 saturated carbocycles. The summed E-state index contributed by atoms with van der Waals surface area (Å²) >= 11 is 0. The fourth-order valence-corrected chi connectivity index (χ4v) is 4.45. The molecule has 2 N–H and O–H groups in total. The molecule has 1 amide bonds. The molecule has 0 unspecified atom stereocenters. The van der Waals surface area contributed by atoms with Crippen LogP contribution in [0.3, 0.4) is 0 Å². The zero-order valence-corrected chi connectivity index (χ0v) is 19.4. The first kappa shape index (κ1) is 23.9. The fourth-order valence-electron chi connectivity index (χ4n) is 4.45. The fraction of sp³-hybridized carbons (Fsp3) is 0.292. The molecule has 0 bridgehead atoms. The lowest BCUT2D eigenvalue weighted by Crippen LogP contribution is -2.44. The summed E-state index contributed by atoms with van der Waals surface area (Å²) in [5.41, 5.74) is 4.43. The molecular formula is C24H25ClFN5O3. The molecule has 178 valence electrons. The summed E-state index contributed by atoms with van der Waals surface area (Å²) in [5.74, 6) is -0.392. The predicted octanol–water partition coefficient (Wildman–Crippen LogP) is 2.77. The predicted molar refractivity (Wildman–Crippen MR) is 131 cm³/mol. The van der Waals surface area contributed by atoms with Crippen molar-refractivity contribution in [1.29, 1.82) is 0 Å². The maximum Gasteiger partial charge on any atom is 0.274 e. The Labute approximate surface area is 201 Å².